The van der Waals surface area contributed by atoms with Crippen molar-refractivity contribution in [1.29, 1.82) is 0 Å². The maximum absolute atomic E-state index is 9.90. The van der Waals surface area contributed by atoms with Crippen LogP contribution in [0.2, 0.25) is 0 Å². The number of carbonyl (C=O) groups excluding carboxylic acids is 1. The first-order valence-corrected chi connectivity index (χ1v) is 11.4. The summed E-state index contributed by atoms with van der Waals surface area (Å²) in [5.41, 5.74) is 0. The van der Waals surface area contributed by atoms with Crippen molar-refractivity contribution < 1.29 is 40.5 Å². The highest BCUT2D eigenvalue weighted by Crippen LogP contribution is 2.10. The number of aliphatic hydroxyl groups excluding tert-OH is 7. The largest absolute Gasteiger partial charge is 0.396 e. The third-order valence-corrected chi connectivity index (χ3v) is 4.44. The molecule has 0 aliphatic carbocycles. The second kappa shape index (κ2) is 28.4. The summed E-state index contributed by atoms with van der Waals surface area (Å²) in [7, 11) is 0. The van der Waals surface area contributed by atoms with E-state index in [-0.39, 0.29) is 6.29 Å². The number of carbonyl (C=O) groups is 1. The second-order valence-electron chi connectivity index (χ2n) is 7.34. The fourth-order valence-corrected chi connectivity index (χ4v) is 2.38. The van der Waals surface area contributed by atoms with Gasteiger partial charge in [-0.2, -0.15) is 0 Å². The van der Waals surface area contributed by atoms with Crippen molar-refractivity contribution >= 4 is 6.29 Å². The average molecular weight is 441 g/mol. The summed E-state index contributed by atoms with van der Waals surface area (Å²) < 4.78 is 0. The highest BCUT2D eigenvalue weighted by Gasteiger charge is 2.29. The lowest BCUT2D eigenvalue weighted by Gasteiger charge is -2.22. The van der Waals surface area contributed by atoms with Gasteiger partial charge in [0.1, 0.15) is 24.4 Å². The molecule has 0 bridgehead atoms. The van der Waals surface area contributed by atoms with Gasteiger partial charge in [0, 0.05) is 13.2 Å². The molecule has 0 saturated heterocycles. The van der Waals surface area contributed by atoms with Crippen LogP contribution < -0.4 is 0 Å². The van der Waals surface area contributed by atoms with E-state index in [1.165, 1.54) is 57.8 Å². The number of hydrogen-bond acceptors (Lipinski definition) is 8. The Morgan fingerprint density at radius 1 is 0.600 bits per heavy atom. The van der Waals surface area contributed by atoms with Gasteiger partial charge in [-0.15, -0.1) is 0 Å². The van der Waals surface area contributed by atoms with Crippen molar-refractivity contribution in [3.63, 3.8) is 0 Å². The van der Waals surface area contributed by atoms with Crippen molar-refractivity contribution in [3.05, 3.63) is 0 Å². The van der Waals surface area contributed by atoms with Crippen LogP contribution in [0.4, 0.5) is 0 Å². The van der Waals surface area contributed by atoms with Crippen molar-refractivity contribution in [2.75, 3.05) is 19.8 Å². The molecule has 4 atom stereocenters. The molecule has 0 fully saturated rings. The fraction of sp³-hybridized carbons (Fsp3) is 0.955. The van der Waals surface area contributed by atoms with E-state index in [0.717, 1.165) is 19.3 Å². The van der Waals surface area contributed by atoms with E-state index in [9.17, 15) is 4.79 Å². The standard InChI is InChI=1S/C12H26O.C6H12O6.C4H10O/c1-2-3-4-5-6-7-8-9-10-11-12-13;7-1-3(9)5(11)6(12)4(10)2-8;1-2-3-4-5/h13H,2-12H2,1H3;1,3-6,8-12H,2H2;5H,2-4H2,1H3/t;3-,4+,5+,6+;/m.0./s1. The minimum absolute atomic E-state index is 0.0258. The SMILES string of the molecule is CCCCCCCCCCCCO.CCCCO.O=C[C@H](O)[C@@H](O)[C@H](O)[C@H](O)CO. The third-order valence-electron chi connectivity index (χ3n) is 4.44. The van der Waals surface area contributed by atoms with E-state index in [1.807, 2.05) is 0 Å². The van der Waals surface area contributed by atoms with Crippen LogP contribution in [0.15, 0.2) is 0 Å². The molecule has 0 aliphatic rings. The molecule has 0 spiro atoms. The Kier molecular flexibility index (Phi) is 32.2. The van der Waals surface area contributed by atoms with E-state index in [1.54, 1.807) is 0 Å². The van der Waals surface area contributed by atoms with Crippen LogP contribution in [-0.2, 0) is 4.79 Å². The molecule has 0 amide bonds. The first kappa shape index (κ1) is 34.0. The number of unbranched alkanes of at least 4 members (excludes halogenated alkanes) is 10. The number of aliphatic hydroxyl groups is 7. The summed E-state index contributed by atoms with van der Waals surface area (Å²) in [4.78, 5) is 9.90. The van der Waals surface area contributed by atoms with Gasteiger partial charge in [0.25, 0.3) is 0 Å². The van der Waals surface area contributed by atoms with Gasteiger partial charge in [0.15, 0.2) is 6.29 Å². The molecule has 0 aromatic carbocycles. The van der Waals surface area contributed by atoms with E-state index >= 15 is 0 Å². The summed E-state index contributed by atoms with van der Waals surface area (Å²) in [6.45, 7) is 4.27. The van der Waals surface area contributed by atoms with Gasteiger partial charge < -0.3 is 40.5 Å². The molecule has 0 rings (SSSR count). The second-order valence-corrected chi connectivity index (χ2v) is 7.34. The lowest BCUT2D eigenvalue weighted by Crippen LogP contribution is -2.46. The molecular weight excluding hydrogens is 392 g/mol. The van der Waals surface area contributed by atoms with Crippen LogP contribution in [0, 0.1) is 0 Å². The zero-order valence-electron chi connectivity index (χ0n) is 19.0. The molecule has 8 heteroatoms. The van der Waals surface area contributed by atoms with Crippen molar-refractivity contribution in [2.24, 2.45) is 0 Å². The van der Waals surface area contributed by atoms with E-state index < -0.39 is 31.0 Å². The minimum Gasteiger partial charge on any atom is -0.396 e. The van der Waals surface area contributed by atoms with Crippen molar-refractivity contribution in [2.45, 2.75) is 115 Å². The Morgan fingerprint density at radius 2 is 1.00 bits per heavy atom. The van der Waals surface area contributed by atoms with Crippen LogP contribution in [0.1, 0.15) is 90.9 Å². The number of aldehydes is 1. The summed E-state index contributed by atoms with van der Waals surface area (Å²) in [5, 5.41) is 60.2. The van der Waals surface area contributed by atoms with E-state index in [4.69, 9.17) is 35.7 Å². The smallest absolute Gasteiger partial charge is 0.151 e. The lowest BCUT2D eigenvalue weighted by atomic mass is 10.0. The molecule has 7 N–H and O–H groups in total. The third kappa shape index (κ3) is 25.4. The van der Waals surface area contributed by atoms with Gasteiger partial charge in [0.2, 0.25) is 0 Å². The molecule has 184 valence electrons. The Hall–Kier alpha value is -0.610. The van der Waals surface area contributed by atoms with E-state index in [0.29, 0.717) is 13.2 Å². The van der Waals surface area contributed by atoms with Crippen LogP contribution in [0.5, 0.6) is 0 Å². The molecule has 0 aliphatic heterocycles. The van der Waals surface area contributed by atoms with Gasteiger partial charge in [-0.05, 0) is 12.8 Å². The first-order chi connectivity index (χ1) is 14.4. The topological polar surface area (TPSA) is 159 Å². The summed E-state index contributed by atoms with van der Waals surface area (Å²) in [5.74, 6) is 0. The maximum atomic E-state index is 9.90. The summed E-state index contributed by atoms with van der Waals surface area (Å²) in [6.07, 6.45) is 8.50. The minimum atomic E-state index is -1.79. The zero-order valence-corrected chi connectivity index (χ0v) is 19.0. The predicted molar refractivity (Wildman–Crippen MR) is 118 cm³/mol. The predicted octanol–water partition coefficient (Wildman–Crippen LogP) is 1.30. The van der Waals surface area contributed by atoms with Gasteiger partial charge in [0.05, 0.1) is 6.61 Å². The molecule has 0 aromatic heterocycles. The average Bonchev–Trinajstić information content (AvgIpc) is 2.77. The highest BCUT2D eigenvalue weighted by atomic mass is 16.4. The molecule has 0 saturated carbocycles. The summed E-state index contributed by atoms with van der Waals surface area (Å²) in [6, 6.07) is 0. The molecule has 0 heterocycles. The molecular formula is C22H48O8. The van der Waals surface area contributed by atoms with Crippen molar-refractivity contribution in [3.8, 4) is 0 Å². The van der Waals surface area contributed by atoms with Crippen LogP contribution in [0.3, 0.4) is 0 Å². The Morgan fingerprint density at radius 3 is 1.30 bits per heavy atom. The molecule has 30 heavy (non-hydrogen) atoms. The molecule has 8 nitrogen and oxygen atoms in total. The number of rotatable bonds is 17. The van der Waals surface area contributed by atoms with Gasteiger partial charge in [-0.25, -0.2) is 0 Å². The Labute approximate surface area is 182 Å². The molecule has 0 aromatic rings. The fourth-order valence-electron chi connectivity index (χ4n) is 2.38. The van der Waals surface area contributed by atoms with Gasteiger partial charge in [-0.3, -0.25) is 0 Å². The normalized spacial score (nSPS) is 14.4. The Balaban J connectivity index is -0.000000399. The van der Waals surface area contributed by atoms with Crippen molar-refractivity contribution in [1.82, 2.24) is 0 Å². The van der Waals surface area contributed by atoms with Gasteiger partial charge in [-0.1, -0.05) is 78.1 Å². The number of hydrogen-bond donors (Lipinski definition) is 7. The summed E-state index contributed by atoms with van der Waals surface area (Å²) >= 11 is 0. The van der Waals surface area contributed by atoms with Gasteiger partial charge >= 0.3 is 0 Å². The zero-order chi connectivity index (χ0) is 23.6. The van der Waals surface area contributed by atoms with E-state index in [2.05, 4.69) is 13.8 Å². The van der Waals surface area contributed by atoms with Crippen LogP contribution >= 0.6 is 0 Å². The highest BCUT2D eigenvalue weighted by molar-refractivity contribution is 5.56. The maximum Gasteiger partial charge on any atom is 0.151 e. The molecule has 0 radical (unpaired) electrons. The lowest BCUT2D eigenvalue weighted by molar-refractivity contribution is -0.136. The molecule has 0 unspecified atom stereocenters. The Bertz CT molecular complexity index is 306. The van der Waals surface area contributed by atoms with Crippen LogP contribution in [-0.4, -0.2) is 86.3 Å². The van der Waals surface area contributed by atoms with Crippen LogP contribution in [0.25, 0.3) is 0 Å². The quantitative estimate of drug-likeness (QED) is 0.132. The monoisotopic (exact) mass is 440 g/mol. The first-order valence-electron chi connectivity index (χ1n) is 11.4.